The first-order valence-corrected chi connectivity index (χ1v) is 3.91. The topological polar surface area (TPSA) is 66.8 Å². The third-order valence-corrected chi connectivity index (χ3v) is 1.62. The minimum atomic E-state index is -1.35. The highest BCUT2D eigenvalue weighted by Crippen LogP contribution is 2.14. The van der Waals surface area contributed by atoms with Crippen LogP contribution in [0.15, 0.2) is 30.0 Å². The molecule has 0 radical (unpaired) electrons. The van der Waals surface area contributed by atoms with Gasteiger partial charge in [0.2, 0.25) is 5.76 Å². The van der Waals surface area contributed by atoms with Crippen LogP contribution in [0.25, 0.3) is 6.08 Å². The van der Waals surface area contributed by atoms with Crippen molar-refractivity contribution in [3.8, 4) is 5.75 Å². The average molecular weight is 194 g/mol. The Hall–Kier alpha value is -1.97. The largest absolute Gasteiger partial charge is 0.502 e. The van der Waals surface area contributed by atoms with Crippen LogP contribution in [0, 0.1) is 0 Å². The maximum atomic E-state index is 10.3. The first kappa shape index (κ1) is 10.1. The summed E-state index contributed by atoms with van der Waals surface area (Å²) in [6.45, 7) is 0. The van der Waals surface area contributed by atoms with Gasteiger partial charge >= 0.3 is 5.97 Å². The van der Waals surface area contributed by atoms with Crippen LogP contribution in [0.2, 0.25) is 0 Å². The van der Waals surface area contributed by atoms with E-state index < -0.39 is 11.7 Å². The zero-order valence-electron chi connectivity index (χ0n) is 7.60. The van der Waals surface area contributed by atoms with Crippen molar-refractivity contribution in [2.24, 2.45) is 0 Å². The van der Waals surface area contributed by atoms with Gasteiger partial charge < -0.3 is 14.9 Å². The summed E-state index contributed by atoms with van der Waals surface area (Å²) in [4.78, 5) is 10.3. The van der Waals surface area contributed by atoms with Crippen molar-refractivity contribution in [1.82, 2.24) is 0 Å². The molecule has 4 heteroatoms. The fourth-order valence-corrected chi connectivity index (χ4v) is 0.951. The number of benzene rings is 1. The van der Waals surface area contributed by atoms with Gasteiger partial charge in [0.25, 0.3) is 0 Å². The number of methoxy groups -OCH3 is 1. The Morgan fingerprint density at radius 3 is 2.71 bits per heavy atom. The molecule has 0 atom stereocenters. The van der Waals surface area contributed by atoms with Crippen molar-refractivity contribution in [3.63, 3.8) is 0 Å². The van der Waals surface area contributed by atoms with Gasteiger partial charge in [0.15, 0.2) is 0 Å². The minimum absolute atomic E-state index is 0.573. The number of carboxylic acid groups (broad SMARTS) is 1. The maximum absolute atomic E-state index is 10.3. The van der Waals surface area contributed by atoms with E-state index in [4.69, 9.17) is 14.9 Å². The molecule has 0 unspecified atom stereocenters. The summed E-state index contributed by atoms with van der Waals surface area (Å²) in [7, 11) is 1.51. The second-order valence-electron chi connectivity index (χ2n) is 2.61. The molecule has 0 amide bonds. The molecule has 0 aromatic heterocycles. The molecule has 1 aromatic carbocycles. The number of carboxylic acids is 1. The van der Waals surface area contributed by atoms with Gasteiger partial charge in [-0.15, -0.1) is 0 Å². The summed E-state index contributed by atoms with van der Waals surface area (Å²) in [6, 6.07) is 6.73. The summed E-state index contributed by atoms with van der Waals surface area (Å²) in [5.74, 6) is -1.44. The molecule has 1 rings (SSSR count). The van der Waals surface area contributed by atoms with Crippen LogP contribution < -0.4 is 4.74 Å². The summed E-state index contributed by atoms with van der Waals surface area (Å²) in [6.07, 6.45) is 1.16. The van der Waals surface area contributed by atoms with Crippen LogP contribution in [-0.4, -0.2) is 23.3 Å². The van der Waals surface area contributed by atoms with Crippen molar-refractivity contribution in [1.29, 1.82) is 0 Å². The quantitative estimate of drug-likeness (QED) is 0.567. The zero-order valence-corrected chi connectivity index (χ0v) is 7.60. The third kappa shape index (κ3) is 2.52. The van der Waals surface area contributed by atoms with Crippen molar-refractivity contribution < 1.29 is 19.7 Å². The summed E-state index contributed by atoms with van der Waals surface area (Å²) in [5.41, 5.74) is 0.573. The Labute approximate surface area is 81.1 Å². The molecule has 0 spiro atoms. The van der Waals surface area contributed by atoms with Crippen LogP contribution in [0.3, 0.4) is 0 Å². The SMILES string of the molecule is COc1cccc(C=C(O)C(=O)O)c1. The minimum Gasteiger partial charge on any atom is -0.502 e. The van der Waals surface area contributed by atoms with Gasteiger partial charge in [0, 0.05) is 0 Å². The molecule has 74 valence electrons. The summed E-state index contributed by atoms with van der Waals surface area (Å²) >= 11 is 0. The van der Waals surface area contributed by atoms with E-state index >= 15 is 0 Å². The highest BCUT2D eigenvalue weighted by atomic mass is 16.5. The number of aliphatic hydroxyl groups excluding tert-OH is 1. The van der Waals surface area contributed by atoms with Crippen LogP contribution >= 0.6 is 0 Å². The Bertz CT molecular complexity index is 368. The Kier molecular flexibility index (Phi) is 3.12. The first-order valence-electron chi connectivity index (χ1n) is 3.91. The number of aliphatic hydroxyl groups is 1. The smallest absolute Gasteiger partial charge is 0.370 e. The van der Waals surface area contributed by atoms with Crippen LogP contribution in [0.4, 0.5) is 0 Å². The van der Waals surface area contributed by atoms with Gasteiger partial charge in [-0.05, 0) is 23.8 Å². The second-order valence-corrected chi connectivity index (χ2v) is 2.61. The molecule has 0 aliphatic rings. The van der Waals surface area contributed by atoms with Crippen molar-refractivity contribution in [3.05, 3.63) is 35.6 Å². The molecule has 4 nitrogen and oxygen atoms in total. The monoisotopic (exact) mass is 194 g/mol. The second kappa shape index (κ2) is 4.32. The highest BCUT2D eigenvalue weighted by Gasteiger charge is 2.03. The summed E-state index contributed by atoms with van der Waals surface area (Å²) < 4.78 is 4.94. The predicted octanol–water partition coefficient (Wildman–Crippen LogP) is 1.68. The lowest BCUT2D eigenvalue weighted by Gasteiger charge is -2.00. The van der Waals surface area contributed by atoms with Gasteiger partial charge in [-0.2, -0.15) is 0 Å². The third-order valence-electron chi connectivity index (χ3n) is 1.62. The lowest BCUT2D eigenvalue weighted by molar-refractivity contribution is -0.135. The zero-order chi connectivity index (χ0) is 10.6. The molecule has 0 aliphatic carbocycles. The molecule has 1 aromatic rings. The molecule has 14 heavy (non-hydrogen) atoms. The average Bonchev–Trinajstić information content (AvgIpc) is 2.18. The molecule has 0 heterocycles. The molecule has 0 saturated carbocycles. The van der Waals surface area contributed by atoms with Crippen molar-refractivity contribution >= 4 is 12.0 Å². The maximum Gasteiger partial charge on any atom is 0.370 e. The van der Waals surface area contributed by atoms with Crippen LogP contribution in [0.1, 0.15) is 5.56 Å². The van der Waals surface area contributed by atoms with E-state index in [1.165, 1.54) is 7.11 Å². The first-order chi connectivity index (χ1) is 6.63. The van der Waals surface area contributed by atoms with E-state index in [-0.39, 0.29) is 0 Å². The number of hydrogen-bond donors (Lipinski definition) is 2. The van der Waals surface area contributed by atoms with Crippen LogP contribution in [-0.2, 0) is 4.79 Å². The molecule has 2 N–H and O–H groups in total. The highest BCUT2D eigenvalue weighted by molar-refractivity contribution is 5.89. The van der Waals surface area contributed by atoms with Gasteiger partial charge in [-0.3, -0.25) is 0 Å². The van der Waals surface area contributed by atoms with E-state index in [9.17, 15) is 4.79 Å². The molecular formula is C10H10O4. The Morgan fingerprint density at radius 1 is 1.43 bits per heavy atom. The number of ether oxygens (including phenoxy) is 1. The number of carbonyl (C=O) groups is 1. The van der Waals surface area contributed by atoms with Crippen molar-refractivity contribution in [2.75, 3.05) is 7.11 Å². The van der Waals surface area contributed by atoms with E-state index in [0.29, 0.717) is 11.3 Å². The van der Waals surface area contributed by atoms with Crippen molar-refractivity contribution in [2.45, 2.75) is 0 Å². The normalized spacial score (nSPS) is 11.1. The standard InChI is InChI=1S/C10H10O4/c1-14-8-4-2-3-7(5-8)6-9(11)10(12)13/h2-6,11H,1H3,(H,12,13). The lowest BCUT2D eigenvalue weighted by atomic mass is 10.2. The molecule has 0 fully saturated rings. The van der Waals surface area contributed by atoms with Gasteiger partial charge in [-0.25, -0.2) is 4.79 Å². The van der Waals surface area contributed by atoms with E-state index in [0.717, 1.165) is 6.08 Å². The number of hydrogen-bond acceptors (Lipinski definition) is 3. The number of rotatable bonds is 3. The molecule has 0 saturated heterocycles. The molecular weight excluding hydrogens is 184 g/mol. The van der Waals surface area contributed by atoms with Gasteiger partial charge in [0.1, 0.15) is 5.75 Å². The molecule has 0 bridgehead atoms. The van der Waals surface area contributed by atoms with Gasteiger partial charge in [-0.1, -0.05) is 12.1 Å². The van der Waals surface area contributed by atoms with E-state index in [1.807, 2.05) is 0 Å². The fraction of sp³-hybridized carbons (Fsp3) is 0.100. The number of aliphatic carboxylic acids is 1. The predicted molar refractivity (Wildman–Crippen MR) is 51.2 cm³/mol. The Morgan fingerprint density at radius 2 is 2.14 bits per heavy atom. The lowest BCUT2D eigenvalue weighted by Crippen LogP contribution is -1.98. The fourth-order valence-electron chi connectivity index (χ4n) is 0.951. The molecule has 0 aliphatic heterocycles. The van der Waals surface area contributed by atoms with E-state index in [2.05, 4.69) is 0 Å². The van der Waals surface area contributed by atoms with E-state index in [1.54, 1.807) is 24.3 Å². The van der Waals surface area contributed by atoms with Crippen LogP contribution in [0.5, 0.6) is 5.75 Å². The Balaban J connectivity index is 2.97. The van der Waals surface area contributed by atoms with Gasteiger partial charge in [0.05, 0.1) is 7.11 Å². The summed E-state index contributed by atoms with van der Waals surface area (Å²) in [5, 5.41) is 17.4.